The second kappa shape index (κ2) is 11.5. The van der Waals surface area contributed by atoms with E-state index in [1.54, 1.807) is 35.9 Å². The number of carbonyl (C=O) groups excluding carboxylic acids is 1. The summed E-state index contributed by atoms with van der Waals surface area (Å²) in [5.74, 6) is 1.20. The molecule has 0 aliphatic carbocycles. The third kappa shape index (κ3) is 6.41. The zero-order valence-corrected chi connectivity index (χ0v) is 19.8. The molecule has 31 heavy (non-hydrogen) atoms. The minimum atomic E-state index is -0.254. The molecule has 8 heteroatoms. The van der Waals surface area contributed by atoms with E-state index >= 15 is 0 Å². The first-order valence-electron chi connectivity index (χ1n) is 10.4. The van der Waals surface area contributed by atoms with Gasteiger partial charge in [0.15, 0.2) is 5.13 Å². The molecule has 0 N–H and O–H groups in total. The van der Waals surface area contributed by atoms with Crippen molar-refractivity contribution < 1.29 is 13.9 Å². The van der Waals surface area contributed by atoms with E-state index < -0.39 is 0 Å². The van der Waals surface area contributed by atoms with Crippen LogP contribution in [0.25, 0.3) is 10.2 Å². The van der Waals surface area contributed by atoms with Gasteiger partial charge < -0.3 is 9.64 Å². The van der Waals surface area contributed by atoms with Crippen LogP contribution in [0.5, 0.6) is 5.75 Å². The molecular weight excluding hydrogens is 433 g/mol. The lowest BCUT2D eigenvalue weighted by Crippen LogP contribution is -2.39. The molecule has 0 bridgehead atoms. The minimum Gasteiger partial charge on any atom is -0.497 e. The molecule has 3 rings (SSSR count). The highest BCUT2D eigenvalue weighted by atomic mass is 32.2. The van der Waals surface area contributed by atoms with Crippen LogP contribution in [0.15, 0.2) is 47.4 Å². The number of methoxy groups -OCH3 is 1. The van der Waals surface area contributed by atoms with Crippen LogP contribution in [-0.4, -0.2) is 54.8 Å². The number of thiazole rings is 1. The van der Waals surface area contributed by atoms with Gasteiger partial charge in [0.05, 0.1) is 17.3 Å². The number of hydrogen-bond acceptors (Lipinski definition) is 6. The molecule has 0 aliphatic heterocycles. The fourth-order valence-electron chi connectivity index (χ4n) is 3.17. The number of thioether (sulfide) groups is 1. The number of ether oxygens (including phenoxy) is 1. The molecule has 0 saturated heterocycles. The van der Waals surface area contributed by atoms with Crippen LogP contribution >= 0.6 is 23.1 Å². The van der Waals surface area contributed by atoms with E-state index in [0.29, 0.717) is 23.8 Å². The topological polar surface area (TPSA) is 45.7 Å². The molecule has 0 radical (unpaired) electrons. The standard InChI is InChI=1S/C23H28FN3O2S2/c1-4-26(5-2)13-14-27(22(28)12-15-30-19-9-6-17(24)7-10-19)23-25-20-11-8-18(29-3)16-21(20)31-23/h6-11,16H,4-5,12-15H2,1-3H3. The molecule has 1 heterocycles. The molecule has 5 nitrogen and oxygen atoms in total. The zero-order valence-electron chi connectivity index (χ0n) is 18.1. The molecule has 166 valence electrons. The van der Waals surface area contributed by atoms with Crippen molar-refractivity contribution in [3.8, 4) is 5.75 Å². The van der Waals surface area contributed by atoms with Crippen LogP contribution in [0.4, 0.5) is 9.52 Å². The van der Waals surface area contributed by atoms with Crippen LogP contribution in [-0.2, 0) is 4.79 Å². The van der Waals surface area contributed by atoms with Crippen molar-refractivity contribution >= 4 is 44.4 Å². The summed E-state index contributed by atoms with van der Waals surface area (Å²) in [6.07, 6.45) is 0.388. The highest BCUT2D eigenvalue weighted by molar-refractivity contribution is 7.99. The SMILES string of the molecule is CCN(CC)CCN(C(=O)CCSc1ccc(F)cc1)c1nc2ccc(OC)cc2s1. The summed E-state index contributed by atoms with van der Waals surface area (Å²) in [5.41, 5.74) is 0.863. The average Bonchev–Trinajstić information content (AvgIpc) is 3.20. The summed E-state index contributed by atoms with van der Waals surface area (Å²) in [6.45, 7) is 7.52. The predicted octanol–water partition coefficient (Wildman–Crippen LogP) is 5.30. The lowest BCUT2D eigenvalue weighted by atomic mass is 10.3. The van der Waals surface area contributed by atoms with E-state index in [-0.39, 0.29) is 11.7 Å². The van der Waals surface area contributed by atoms with Gasteiger partial charge in [-0.2, -0.15) is 0 Å². The second-order valence-electron chi connectivity index (χ2n) is 6.95. The van der Waals surface area contributed by atoms with Gasteiger partial charge in [-0.25, -0.2) is 9.37 Å². The van der Waals surface area contributed by atoms with E-state index in [2.05, 4.69) is 18.7 Å². The maximum Gasteiger partial charge on any atom is 0.229 e. The fraction of sp³-hybridized carbons (Fsp3) is 0.391. The molecule has 0 unspecified atom stereocenters. The van der Waals surface area contributed by atoms with Gasteiger partial charge in [-0.3, -0.25) is 9.69 Å². The number of rotatable bonds is 11. The quantitative estimate of drug-likeness (QED) is 0.363. The first kappa shape index (κ1) is 23.5. The highest BCUT2D eigenvalue weighted by Gasteiger charge is 2.20. The molecule has 0 aliphatic rings. The van der Waals surface area contributed by atoms with Crippen LogP contribution in [0.3, 0.4) is 0 Å². The van der Waals surface area contributed by atoms with Gasteiger partial charge in [-0.05, 0) is 55.6 Å². The van der Waals surface area contributed by atoms with E-state index in [0.717, 1.165) is 40.5 Å². The van der Waals surface area contributed by atoms with Crippen LogP contribution in [0, 0.1) is 5.82 Å². The van der Waals surface area contributed by atoms with Gasteiger partial charge in [0.25, 0.3) is 0 Å². The molecule has 0 spiro atoms. The van der Waals surface area contributed by atoms with Crippen LogP contribution in [0.1, 0.15) is 20.3 Å². The van der Waals surface area contributed by atoms with Crippen molar-refractivity contribution in [2.24, 2.45) is 0 Å². The Hall–Kier alpha value is -2.16. The number of fused-ring (bicyclic) bond motifs is 1. The van der Waals surface area contributed by atoms with Crippen molar-refractivity contribution in [2.75, 3.05) is 43.9 Å². The van der Waals surface area contributed by atoms with Gasteiger partial charge >= 0.3 is 0 Å². The van der Waals surface area contributed by atoms with Crippen molar-refractivity contribution in [3.05, 3.63) is 48.3 Å². The van der Waals surface area contributed by atoms with E-state index in [4.69, 9.17) is 9.72 Å². The lowest BCUT2D eigenvalue weighted by molar-refractivity contribution is -0.118. The van der Waals surface area contributed by atoms with Crippen molar-refractivity contribution in [1.29, 1.82) is 0 Å². The monoisotopic (exact) mass is 461 g/mol. The normalized spacial score (nSPS) is 11.3. The minimum absolute atomic E-state index is 0.0489. The third-order valence-electron chi connectivity index (χ3n) is 5.05. The summed E-state index contributed by atoms with van der Waals surface area (Å²) in [6, 6.07) is 12.1. The van der Waals surface area contributed by atoms with Gasteiger partial charge in [-0.1, -0.05) is 25.2 Å². The highest BCUT2D eigenvalue weighted by Crippen LogP contribution is 2.32. The van der Waals surface area contributed by atoms with Gasteiger partial charge in [0.1, 0.15) is 11.6 Å². The number of anilines is 1. The van der Waals surface area contributed by atoms with E-state index in [9.17, 15) is 9.18 Å². The number of nitrogens with zero attached hydrogens (tertiary/aromatic N) is 3. The maximum absolute atomic E-state index is 13.2. The summed E-state index contributed by atoms with van der Waals surface area (Å²) in [5, 5.41) is 0.715. The summed E-state index contributed by atoms with van der Waals surface area (Å²) in [4.78, 5) is 22.9. The fourth-order valence-corrected chi connectivity index (χ4v) is 5.04. The van der Waals surface area contributed by atoms with Crippen molar-refractivity contribution in [1.82, 2.24) is 9.88 Å². The molecular formula is C23H28FN3O2S2. The molecule has 0 saturated carbocycles. The third-order valence-corrected chi connectivity index (χ3v) is 7.10. The smallest absolute Gasteiger partial charge is 0.229 e. The molecule has 2 aromatic carbocycles. The number of likely N-dealkylation sites (N-methyl/N-ethyl adjacent to an activating group) is 1. The summed E-state index contributed by atoms with van der Waals surface area (Å²) >= 11 is 3.06. The Morgan fingerprint density at radius 1 is 1.13 bits per heavy atom. The maximum atomic E-state index is 13.2. The number of amides is 1. The average molecular weight is 462 g/mol. The summed E-state index contributed by atoms with van der Waals surface area (Å²) in [7, 11) is 1.64. The number of halogens is 1. The molecule has 1 amide bonds. The number of carbonyl (C=O) groups is 1. The number of hydrogen-bond donors (Lipinski definition) is 0. The van der Waals surface area contributed by atoms with Crippen LogP contribution in [0.2, 0.25) is 0 Å². The Labute approximate surface area is 191 Å². The Balaban J connectivity index is 1.73. The Bertz CT molecular complexity index is 990. The second-order valence-corrected chi connectivity index (χ2v) is 9.13. The van der Waals surface area contributed by atoms with Crippen molar-refractivity contribution in [3.63, 3.8) is 0 Å². The molecule has 1 aromatic heterocycles. The number of benzene rings is 2. The van der Waals surface area contributed by atoms with Crippen LogP contribution < -0.4 is 9.64 Å². The Kier molecular flexibility index (Phi) is 8.69. The Morgan fingerprint density at radius 3 is 2.55 bits per heavy atom. The zero-order chi connectivity index (χ0) is 22.2. The number of aromatic nitrogens is 1. The molecule has 0 fully saturated rings. The largest absolute Gasteiger partial charge is 0.497 e. The van der Waals surface area contributed by atoms with E-state index in [1.807, 2.05) is 18.2 Å². The first-order valence-corrected chi connectivity index (χ1v) is 12.2. The van der Waals surface area contributed by atoms with Crippen molar-refractivity contribution in [2.45, 2.75) is 25.2 Å². The predicted molar refractivity (Wildman–Crippen MR) is 128 cm³/mol. The van der Waals surface area contributed by atoms with Gasteiger partial charge in [0, 0.05) is 30.2 Å². The first-order chi connectivity index (χ1) is 15.0. The molecule has 0 atom stereocenters. The summed E-state index contributed by atoms with van der Waals surface area (Å²) < 4.78 is 19.4. The lowest BCUT2D eigenvalue weighted by Gasteiger charge is -2.24. The van der Waals surface area contributed by atoms with Gasteiger partial charge in [-0.15, -0.1) is 11.8 Å². The Morgan fingerprint density at radius 2 is 1.87 bits per heavy atom. The molecule has 3 aromatic rings. The van der Waals surface area contributed by atoms with Gasteiger partial charge in [0.2, 0.25) is 5.91 Å². The van der Waals surface area contributed by atoms with E-state index in [1.165, 1.54) is 23.5 Å².